The van der Waals surface area contributed by atoms with Gasteiger partial charge in [0.15, 0.2) is 0 Å². The van der Waals surface area contributed by atoms with Crippen molar-refractivity contribution in [3.63, 3.8) is 0 Å². The minimum atomic E-state index is -0.211. The summed E-state index contributed by atoms with van der Waals surface area (Å²) in [6, 6.07) is 7.72. The smallest absolute Gasteiger partial charge is 0.309 e. The second-order valence-electron chi connectivity index (χ2n) is 3.38. The van der Waals surface area contributed by atoms with Crippen LogP contribution in [0, 0.1) is 0 Å². The zero-order chi connectivity index (χ0) is 12.5. The largest absolute Gasteiger partial charge is 0.493 e. The van der Waals surface area contributed by atoms with Gasteiger partial charge in [-0.25, -0.2) is 0 Å². The van der Waals surface area contributed by atoms with E-state index in [1.807, 2.05) is 37.3 Å². The molecular formula is C14H18O3. The monoisotopic (exact) mass is 234 g/mol. The zero-order valence-electron chi connectivity index (χ0n) is 10.3. The molecule has 1 aromatic rings. The molecule has 0 radical (unpaired) electrons. The van der Waals surface area contributed by atoms with Gasteiger partial charge >= 0.3 is 5.97 Å². The number of esters is 1. The van der Waals surface area contributed by atoms with Gasteiger partial charge in [-0.2, -0.15) is 0 Å². The van der Waals surface area contributed by atoms with Gasteiger partial charge in [-0.3, -0.25) is 4.79 Å². The Labute approximate surface area is 102 Å². The normalized spacial score (nSPS) is 10.5. The van der Waals surface area contributed by atoms with Gasteiger partial charge in [0.1, 0.15) is 5.75 Å². The maximum Gasteiger partial charge on any atom is 0.309 e. The van der Waals surface area contributed by atoms with E-state index in [9.17, 15) is 4.79 Å². The van der Waals surface area contributed by atoms with Crippen LogP contribution in [0.15, 0.2) is 30.3 Å². The van der Waals surface area contributed by atoms with Gasteiger partial charge in [-0.15, -0.1) is 0 Å². The van der Waals surface area contributed by atoms with Crippen molar-refractivity contribution in [1.82, 2.24) is 0 Å². The topological polar surface area (TPSA) is 35.5 Å². The van der Waals surface area contributed by atoms with Crippen LogP contribution in [0.4, 0.5) is 0 Å². The number of rotatable bonds is 6. The van der Waals surface area contributed by atoms with E-state index in [0.717, 1.165) is 11.3 Å². The summed E-state index contributed by atoms with van der Waals surface area (Å²) in [5.41, 5.74) is 0.971. The third kappa shape index (κ3) is 4.72. The molecule has 0 saturated carbocycles. The van der Waals surface area contributed by atoms with E-state index in [4.69, 9.17) is 9.47 Å². The summed E-state index contributed by atoms with van der Waals surface area (Å²) in [6.45, 7) is 4.79. The molecule has 0 amide bonds. The highest BCUT2D eigenvalue weighted by Gasteiger charge is 1.99. The van der Waals surface area contributed by atoms with E-state index < -0.39 is 0 Å². The molecule has 3 nitrogen and oxygen atoms in total. The molecule has 1 rings (SSSR count). The van der Waals surface area contributed by atoms with Crippen molar-refractivity contribution in [3.05, 3.63) is 35.9 Å². The Morgan fingerprint density at radius 2 is 2.00 bits per heavy atom. The van der Waals surface area contributed by atoms with E-state index in [2.05, 4.69) is 0 Å². The van der Waals surface area contributed by atoms with Crippen LogP contribution in [0.5, 0.6) is 5.75 Å². The lowest BCUT2D eigenvalue weighted by Gasteiger charge is -2.06. The Morgan fingerprint density at radius 1 is 1.24 bits per heavy atom. The maximum atomic E-state index is 11.1. The molecule has 0 N–H and O–H groups in total. The number of hydrogen-bond donors (Lipinski definition) is 0. The Balaban J connectivity index is 2.61. The Kier molecular flexibility index (Phi) is 5.86. The minimum Gasteiger partial charge on any atom is -0.493 e. The predicted molar refractivity (Wildman–Crippen MR) is 67.9 cm³/mol. The van der Waals surface area contributed by atoms with Crippen molar-refractivity contribution in [2.75, 3.05) is 13.2 Å². The van der Waals surface area contributed by atoms with Crippen LogP contribution in [-0.2, 0) is 9.53 Å². The van der Waals surface area contributed by atoms with Crippen LogP contribution in [-0.4, -0.2) is 19.2 Å². The molecule has 0 aliphatic rings. The van der Waals surface area contributed by atoms with Gasteiger partial charge in [-0.1, -0.05) is 30.4 Å². The molecule has 0 aromatic heterocycles. The first kappa shape index (κ1) is 13.3. The van der Waals surface area contributed by atoms with Crippen LogP contribution in [0.1, 0.15) is 25.8 Å². The minimum absolute atomic E-state index is 0.211. The van der Waals surface area contributed by atoms with Crippen molar-refractivity contribution in [2.45, 2.75) is 20.3 Å². The summed E-state index contributed by atoms with van der Waals surface area (Å²) in [4.78, 5) is 11.1. The third-order valence-electron chi connectivity index (χ3n) is 2.11. The fourth-order valence-electron chi connectivity index (χ4n) is 1.41. The molecule has 0 fully saturated rings. The molecule has 92 valence electrons. The summed E-state index contributed by atoms with van der Waals surface area (Å²) in [5.74, 6) is 0.618. The van der Waals surface area contributed by atoms with E-state index in [1.165, 1.54) is 0 Å². The molecular weight excluding hydrogens is 216 g/mol. The highest BCUT2D eigenvalue weighted by molar-refractivity contribution is 5.73. The number of hydrogen-bond acceptors (Lipinski definition) is 3. The summed E-state index contributed by atoms with van der Waals surface area (Å²) >= 11 is 0. The number of carbonyl (C=O) groups is 1. The SMILES string of the molecule is CCOC(=O)CC=Cc1ccccc1OCC. The van der Waals surface area contributed by atoms with Crippen LogP contribution in [0.2, 0.25) is 0 Å². The molecule has 3 heteroatoms. The van der Waals surface area contributed by atoms with Gasteiger partial charge in [0.2, 0.25) is 0 Å². The molecule has 0 bridgehead atoms. The summed E-state index contributed by atoms with van der Waals surface area (Å²) in [5, 5.41) is 0. The first-order valence-corrected chi connectivity index (χ1v) is 5.82. The van der Waals surface area contributed by atoms with Gasteiger partial charge in [-0.05, 0) is 19.9 Å². The first-order valence-electron chi connectivity index (χ1n) is 5.82. The van der Waals surface area contributed by atoms with Crippen LogP contribution >= 0.6 is 0 Å². The van der Waals surface area contributed by atoms with E-state index >= 15 is 0 Å². The average molecular weight is 234 g/mol. The average Bonchev–Trinajstić information content (AvgIpc) is 2.32. The van der Waals surface area contributed by atoms with Crippen LogP contribution in [0.3, 0.4) is 0 Å². The lowest BCUT2D eigenvalue weighted by atomic mass is 10.2. The molecule has 0 aliphatic heterocycles. The number of ether oxygens (including phenoxy) is 2. The van der Waals surface area contributed by atoms with Gasteiger partial charge in [0.05, 0.1) is 19.6 Å². The molecule has 0 aliphatic carbocycles. The van der Waals surface area contributed by atoms with Gasteiger partial charge < -0.3 is 9.47 Å². The number of benzene rings is 1. The summed E-state index contributed by atoms with van der Waals surface area (Å²) in [6.07, 6.45) is 3.95. The Bertz CT molecular complexity index is 383. The van der Waals surface area contributed by atoms with E-state index in [-0.39, 0.29) is 12.4 Å². The standard InChI is InChI=1S/C14H18O3/c1-3-16-13-10-6-5-8-12(13)9-7-11-14(15)17-4-2/h5-10H,3-4,11H2,1-2H3. The molecule has 0 saturated heterocycles. The van der Waals surface area contributed by atoms with Gasteiger partial charge in [0.25, 0.3) is 0 Å². The second-order valence-corrected chi connectivity index (χ2v) is 3.38. The van der Waals surface area contributed by atoms with Crippen LogP contribution < -0.4 is 4.74 Å². The molecule has 0 atom stereocenters. The summed E-state index contributed by atoms with van der Waals surface area (Å²) < 4.78 is 10.3. The van der Waals surface area contributed by atoms with Crippen molar-refractivity contribution in [3.8, 4) is 5.75 Å². The quantitative estimate of drug-likeness (QED) is 0.710. The first-order chi connectivity index (χ1) is 8.27. The summed E-state index contributed by atoms with van der Waals surface area (Å²) in [7, 11) is 0. The van der Waals surface area contributed by atoms with Gasteiger partial charge in [0, 0.05) is 5.56 Å². The number of carbonyl (C=O) groups excluding carboxylic acids is 1. The van der Waals surface area contributed by atoms with Crippen molar-refractivity contribution < 1.29 is 14.3 Å². The van der Waals surface area contributed by atoms with Crippen molar-refractivity contribution in [2.24, 2.45) is 0 Å². The Morgan fingerprint density at radius 3 is 2.71 bits per heavy atom. The van der Waals surface area contributed by atoms with Crippen LogP contribution in [0.25, 0.3) is 6.08 Å². The van der Waals surface area contributed by atoms with E-state index in [1.54, 1.807) is 13.0 Å². The van der Waals surface area contributed by atoms with Crippen molar-refractivity contribution in [1.29, 1.82) is 0 Å². The highest BCUT2D eigenvalue weighted by atomic mass is 16.5. The maximum absolute atomic E-state index is 11.1. The third-order valence-corrected chi connectivity index (χ3v) is 2.11. The molecule has 0 spiro atoms. The molecule has 17 heavy (non-hydrogen) atoms. The highest BCUT2D eigenvalue weighted by Crippen LogP contribution is 2.19. The predicted octanol–water partition coefficient (Wildman–Crippen LogP) is 3.05. The molecule has 1 aromatic carbocycles. The number of para-hydroxylation sites is 1. The van der Waals surface area contributed by atoms with Crippen molar-refractivity contribution >= 4 is 12.0 Å². The lowest BCUT2D eigenvalue weighted by Crippen LogP contribution is -2.01. The second kappa shape index (κ2) is 7.49. The fourth-order valence-corrected chi connectivity index (χ4v) is 1.41. The zero-order valence-corrected chi connectivity index (χ0v) is 10.3. The Hall–Kier alpha value is -1.77. The fraction of sp³-hybridized carbons (Fsp3) is 0.357. The molecule has 0 heterocycles. The lowest BCUT2D eigenvalue weighted by molar-refractivity contribution is -0.142. The molecule has 0 unspecified atom stereocenters. The van der Waals surface area contributed by atoms with E-state index in [0.29, 0.717) is 13.2 Å².